The van der Waals surface area contributed by atoms with Gasteiger partial charge in [0.15, 0.2) is 6.61 Å². The highest BCUT2D eigenvalue weighted by Gasteiger charge is 2.17. The molecule has 3 rings (SSSR count). The van der Waals surface area contributed by atoms with Gasteiger partial charge in [-0.2, -0.15) is 0 Å². The number of ether oxygens (including phenoxy) is 2. The van der Waals surface area contributed by atoms with Gasteiger partial charge in [-0.25, -0.2) is 4.79 Å². The average molecular weight is 389 g/mol. The Hall–Kier alpha value is -3.60. The second kappa shape index (κ2) is 9.55. The molecule has 0 heterocycles. The Morgan fingerprint density at radius 3 is 2.48 bits per heavy atom. The molecule has 0 aromatic heterocycles. The number of carbonyl (C=O) groups excluding carboxylic acids is 2. The van der Waals surface area contributed by atoms with E-state index < -0.39 is 5.97 Å². The van der Waals surface area contributed by atoms with Crippen LogP contribution in [0.1, 0.15) is 12.5 Å². The zero-order chi connectivity index (χ0) is 20.6. The zero-order valence-electron chi connectivity index (χ0n) is 16.5. The van der Waals surface area contributed by atoms with Gasteiger partial charge < -0.3 is 14.4 Å². The van der Waals surface area contributed by atoms with Gasteiger partial charge in [0.05, 0.1) is 12.8 Å². The van der Waals surface area contributed by atoms with Gasteiger partial charge in [0.2, 0.25) is 0 Å². The van der Waals surface area contributed by atoms with Crippen molar-refractivity contribution in [1.29, 1.82) is 0 Å². The van der Waals surface area contributed by atoms with Gasteiger partial charge >= 0.3 is 5.97 Å². The first-order valence-corrected chi connectivity index (χ1v) is 9.40. The molecular formula is C24H23NO4. The van der Waals surface area contributed by atoms with E-state index in [1.807, 2.05) is 67.6 Å². The maximum Gasteiger partial charge on any atom is 0.331 e. The van der Waals surface area contributed by atoms with Crippen molar-refractivity contribution in [1.82, 2.24) is 0 Å². The number of benzene rings is 3. The lowest BCUT2D eigenvalue weighted by atomic mass is 10.1. The topological polar surface area (TPSA) is 55.8 Å². The number of amides is 1. The zero-order valence-corrected chi connectivity index (χ0v) is 16.5. The fourth-order valence-corrected chi connectivity index (χ4v) is 3.15. The van der Waals surface area contributed by atoms with Crippen LogP contribution in [0.25, 0.3) is 16.8 Å². The van der Waals surface area contributed by atoms with E-state index in [0.29, 0.717) is 12.3 Å². The summed E-state index contributed by atoms with van der Waals surface area (Å²) in [6.07, 6.45) is 2.90. The summed E-state index contributed by atoms with van der Waals surface area (Å²) in [4.78, 5) is 26.4. The Morgan fingerprint density at radius 1 is 0.966 bits per heavy atom. The van der Waals surface area contributed by atoms with Crippen molar-refractivity contribution in [3.05, 3.63) is 78.4 Å². The highest BCUT2D eigenvalue weighted by Crippen LogP contribution is 2.26. The Morgan fingerprint density at radius 2 is 1.69 bits per heavy atom. The number of anilines is 1. The summed E-state index contributed by atoms with van der Waals surface area (Å²) < 4.78 is 10.4. The smallest absolute Gasteiger partial charge is 0.331 e. The van der Waals surface area contributed by atoms with Crippen LogP contribution in [0.15, 0.2) is 72.8 Å². The monoisotopic (exact) mass is 389 g/mol. The van der Waals surface area contributed by atoms with Crippen LogP contribution in [0.5, 0.6) is 5.75 Å². The first-order valence-electron chi connectivity index (χ1n) is 9.40. The van der Waals surface area contributed by atoms with Crippen molar-refractivity contribution in [3.8, 4) is 5.75 Å². The Kier molecular flexibility index (Phi) is 6.63. The molecule has 0 unspecified atom stereocenters. The minimum atomic E-state index is -0.585. The Labute approximate surface area is 170 Å². The van der Waals surface area contributed by atoms with Gasteiger partial charge in [-0.05, 0) is 30.5 Å². The molecule has 0 fully saturated rings. The molecule has 0 saturated carbocycles. The number of methoxy groups -OCH3 is 1. The first-order chi connectivity index (χ1) is 14.1. The van der Waals surface area contributed by atoms with E-state index in [1.165, 1.54) is 6.08 Å². The third-order valence-electron chi connectivity index (χ3n) is 4.55. The van der Waals surface area contributed by atoms with Gasteiger partial charge in [0.25, 0.3) is 5.91 Å². The van der Waals surface area contributed by atoms with Gasteiger partial charge in [0, 0.05) is 23.6 Å². The molecule has 0 aliphatic heterocycles. The van der Waals surface area contributed by atoms with Crippen LogP contribution < -0.4 is 9.64 Å². The standard InChI is InChI=1S/C24H23NO4/c1-3-25(21-13-8-11-18-9-4-6-12-20(18)21)23(26)17-29-24(27)16-15-19-10-5-7-14-22(19)28-2/h4-16H,3,17H2,1-2H3/b16-15+. The van der Waals surface area contributed by atoms with E-state index in [9.17, 15) is 9.59 Å². The highest BCUT2D eigenvalue weighted by atomic mass is 16.5. The number of nitrogens with zero attached hydrogens (tertiary/aromatic N) is 1. The molecule has 0 N–H and O–H groups in total. The van der Waals surface area contributed by atoms with Gasteiger partial charge in [-0.15, -0.1) is 0 Å². The molecule has 148 valence electrons. The van der Waals surface area contributed by atoms with Crippen molar-refractivity contribution in [2.45, 2.75) is 6.92 Å². The quantitative estimate of drug-likeness (QED) is 0.442. The summed E-state index contributed by atoms with van der Waals surface area (Å²) in [6.45, 7) is 2.04. The maximum atomic E-state index is 12.7. The predicted octanol–water partition coefficient (Wildman–Crippen LogP) is 4.46. The largest absolute Gasteiger partial charge is 0.496 e. The van der Waals surface area contributed by atoms with E-state index in [2.05, 4.69) is 0 Å². The number of fused-ring (bicyclic) bond motifs is 1. The summed E-state index contributed by atoms with van der Waals surface area (Å²) in [6, 6.07) is 21.0. The molecular weight excluding hydrogens is 366 g/mol. The van der Waals surface area contributed by atoms with Gasteiger partial charge in [-0.3, -0.25) is 4.79 Å². The molecule has 5 nitrogen and oxygen atoms in total. The van der Waals surface area contributed by atoms with Gasteiger partial charge in [-0.1, -0.05) is 54.6 Å². The van der Waals surface area contributed by atoms with E-state index in [4.69, 9.17) is 9.47 Å². The number of hydrogen-bond acceptors (Lipinski definition) is 4. The number of likely N-dealkylation sites (N-methyl/N-ethyl adjacent to an activating group) is 1. The second-order valence-corrected chi connectivity index (χ2v) is 6.32. The van der Waals surface area contributed by atoms with Crippen LogP contribution in [-0.4, -0.2) is 32.1 Å². The molecule has 29 heavy (non-hydrogen) atoms. The summed E-state index contributed by atoms with van der Waals surface area (Å²) in [5.74, 6) is -0.207. The van der Waals surface area contributed by atoms with Gasteiger partial charge in [0.1, 0.15) is 5.75 Å². The van der Waals surface area contributed by atoms with E-state index in [-0.39, 0.29) is 12.5 Å². The Balaban J connectivity index is 1.67. The molecule has 3 aromatic rings. The number of carbonyl (C=O) groups is 2. The molecule has 0 spiro atoms. The minimum absolute atomic E-state index is 0.275. The number of rotatable bonds is 7. The maximum absolute atomic E-state index is 12.7. The highest BCUT2D eigenvalue weighted by molar-refractivity contribution is 6.04. The fourth-order valence-electron chi connectivity index (χ4n) is 3.15. The van der Waals surface area contributed by atoms with Crippen molar-refractivity contribution < 1.29 is 19.1 Å². The van der Waals surface area contributed by atoms with Crippen molar-refractivity contribution in [2.75, 3.05) is 25.2 Å². The van der Waals surface area contributed by atoms with Crippen LogP contribution in [0.3, 0.4) is 0 Å². The van der Waals surface area contributed by atoms with E-state index in [1.54, 1.807) is 24.2 Å². The molecule has 0 atom stereocenters. The van der Waals surface area contributed by atoms with Crippen LogP contribution in [0, 0.1) is 0 Å². The lowest BCUT2D eigenvalue weighted by Crippen LogP contribution is -2.34. The molecule has 0 aliphatic carbocycles. The first kappa shape index (κ1) is 20.1. The van der Waals surface area contributed by atoms with Crippen molar-refractivity contribution in [2.24, 2.45) is 0 Å². The predicted molar refractivity (Wildman–Crippen MR) is 115 cm³/mol. The number of hydrogen-bond donors (Lipinski definition) is 0. The molecule has 0 radical (unpaired) electrons. The van der Waals surface area contributed by atoms with Crippen LogP contribution in [0.2, 0.25) is 0 Å². The lowest BCUT2D eigenvalue weighted by Gasteiger charge is -2.22. The third kappa shape index (κ3) is 4.82. The Bertz CT molecular complexity index is 1040. The second-order valence-electron chi connectivity index (χ2n) is 6.32. The summed E-state index contributed by atoms with van der Waals surface area (Å²) >= 11 is 0. The average Bonchev–Trinajstić information content (AvgIpc) is 2.77. The summed E-state index contributed by atoms with van der Waals surface area (Å²) in [7, 11) is 1.57. The third-order valence-corrected chi connectivity index (χ3v) is 4.55. The number of para-hydroxylation sites is 1. The van der Waals surface area contributed by atoms with Crippen LogP contribution in [-0.2, 0) is 14.3 Å². The molecule has 3 aromatic carbocycles. The van der Waals surface area contributed by atoms with E-state index in [0.717, 1.165) is 22.0 Å². The van der Waals surface area contributed by atoms with Crippen molar-refractivity contribution in [3.63, 3.8) is 0 Å². The number of esters is 1. The fraction of sp³-hybridized carbons (Fsp3) is 0.167. The van der Waals surface area contributed by atoms with Crippen LogP contribution in [0.4, 0.5) is 5.69 Å². The van der Waals surface area contributed by atoms with Crippen molar-refractivity contribution >= 4 is 34.4 Å². The summed E-state index contributed by atoms with van der Waals surface area (Å²) in [5, 5.41) is 2.03. The summed E-state index contributed by atoms with van der Waals surface area (Å²) in [5.41, 5.74) is 1.56. The molecule has 0 aliphatic rings. The minimum Gasteiger partial charge on any atom is -0.496 e. The SMILES string of the molecule is CCN(C(=O)COC(=O)/C=C/c1ccccc1OC)c1cccc2ccccc12. The molecule has 0 bridgehead atoms. The van der Waals surface area contributed by atoms with Crippen LogP contribution >= 0.6 is 0 Å². The van der Waals surface area contributed by atoms with E-state index >= 15 is 0 Å². The molecule has 5 heteroatoms. The molecule has 0 saturated heterocycles. The lowest BCUT2D eigenvalue weighted by molar-refractivity contribution is -0.142. The molecule has 1 amide bonds. The normalized spacial score (nSPS) is 10.8.